The van der Waals surface area contributed by atoms with Crippen LogP contribution in [0.25, 0.3) is 11.0 Å². The molecule has 0 saturated carbocycles. The van der Waals surface area contributed by atoms with E-state index in [1.54, 1.807) is 12.4 Å². The molecule has 5 rings (SSSR count). The average Bonchev–Trinajstić information content (AvgIpc) is 3.30. The van der Waals surface area contributed by atoms with E-state index in [-0.39, 0.29) is 10.6 Å². The fourth-order valence-electron chi connectivity index (χ4n) is 3.81. The molecule has 5 aromatic rings. The van der Waals surface area contributed by atoms with Crippen molar-refractivity contribution in [3.8, 4) is 0 Å². The largest absolute Gasteiger partial charge is 0.338 e. The molecule has 0 unspecified atom stereocenters. The van der Waals surface area contributed by atoms with E-state index in [0.717, 1.165) is 34.7 Å². The molecule has 0 saturated heterocycles. The van der Waals surface area contributed by atoms with Crippen LogP contribution in [0.3, 0.4) is 0 Å². The molecule has 38 heavy (non-hydrogen) atoms. The van der Waals surface area contributed by atoms with Gasteiger partial charge in [-0.05, 0) is 18.2 Å². The number of aromatic nitrogens is 3. The van der Waals surface area contributed by atoms with Crippen LogP contribution >= 0.6 is 0 Å². The fourth-order valence-corrected chi connectivity index (χ4v) is 4.45. The zero-order valence-electron chi connectivity index (χ0n) is 21.6. The smallest absolute Gasteiger partial charge is 0.183 e. The van der Waals surface area contributed by atoms with Gasteiger partial charge >= 0.3 is 0 Å². The number of halogens is 1. The van der Waals surface area contributed by atoms with E-state index < -0.39 is 15.7 Å². The van der Waals surface area contributed by atoms with Crippen LogP contribution in [0, 0.1) is 5.82 Å². The highest BCUT2D eigenvalue weighted by molar-refractivity contribution is 7.90. The third kappa shape index (κ3) is 5.78. The Labute approximate surface area is 221 Å². The quantitative estimate of drug-likeness (QED) is 0.255. The Morgan fingerprint density at radius 3 is 2.08 bits per heavy atom. The highest BCUT2D eigenvalue weighted by Crippen LogP contribution is 2.30. The molecule has 0 bridgehead atoms. The van der Waals surface area contributed by atoms with Crippen LogP contribution in [0.15, 0.2) is 101 Å². The van der Waals surface area contributed by atoms with Gasteiger partial charge in [0.1, 0.15) is 17.2 Å². The van der Waals surface area contributed by atoms with Crippen LogP contribution in [0.1, 0.15) is 25.0 Å². The van der Waals surface area contributed by atoms with Crippen LogP contribution < -0.4 is 5.32 Å². The lowest BCUT2D eigenvalue weighted by atomic mass is 10.0. The number of anilines is 2. The minimum atomic E-state index is -3.53. The Kier molecular flexibility index (Phi) is 7.97. The second-order valence-electron chi connectivity index (χ2n) is 8.29. The number of nitrogens with zero attached hydrogens (tertiary/aromatic N) is 4. The number of fused-ring (bicyclic) bond motifs is 1. The Balaban J connectivity index is 0.00000164. The monoisotopic (exact) mass is 529 g/mol. The first-order valence-corrected chi connectivity index (χ1v) is 14.0. The molecule has 0 spiro atoms. The molecule has 0 aliphatic rings. The molecule has 2 heterocycles. The predicted molar refractivity (Wildman–Crippen MR) is 151 cm³/mol. The number of imidazole rings is 1. The minimum Gasteiger partial charge on any atom is -0.338 e. The summed E-state index contributed by atoms with van der Waals surface area (Å²) in [7, 11) is -1.68. The van der Waals surface area contributed by atoms with E-state index in [1.807, 2.05) is 86.1 Å². The topological polar surface area (TPSA) is 89.2 Å². The second kappa shape index (κ2) is 11.4. The van der Waals surface area contributed by atoms with Crippen molar-refractivity contribution < 1.29 is 12.8 Å². The molecule has 3 aromatic carbocycles. The minimum absolute atomic E-state index is 0.0951. The predicted octanol–water partition coefficient (Wildman–Crippen LogP) is 6.45. The summed E-state index contributed by atoms with van der Waals surface area (Å²) in [4.78, 5) is 14.0. The lowest BCUT2D eigenvalue weighted by molar-refractivity contribution is 0.596. The van der Waals surface area contributed by atoms with Crippen molar-refractivity contribution in [1.29, 1.82) is 0 Å². The molecule has 9 heteroatoms. The average molecular weight is 530 g/mol. The Morgan fingerprint density at radius 1 is 0.921 bits per heavy atom. The van der Waals surface area contributed by atoms with E-state index in [2.05, 4.69) is 15.3 Å². The van der Waals surface area contributed by atoms with Crippen LogP contribution in [0.4, 0.5) is 21.7 Å². The molecule has 0 atom stereocenters. The highest BCUT2D eigenvalue weighted by atomic mass is 32.2. The maximum atomic E-state index is 14.8. The van der Waals surface area contributed by atoms with Crippen molar-refractivity contribution in [2.45, 2.75) is 18.7 Å². The first kappa shape index (κ1) is 26.7. The number of benzene rings is 3. The Morgan fingerprint density at radius 2 is 1.53 bits per heavy atom. The summed E-state index contributed by atoms with van der Waals surface area (Å²) in [5.74, 6) is 0.00642. The third-order valence-electron chi connectivity index (χ3n) is 5.64. The van der Waals surface area contributed by atoms with Gasteiger partial charge < -0.3 is 9.88 Å². The summed E-state index contributed by atoms with van der Waals surface area (Å²) >= 11 is 0. The van der Waals surface area contributed by atoms with Gasteiger partial charge in [-0.1, -0.05) is 74.5 Å². The summed E-state index contributed by atoms with van der Waals surface area (Å²) in [5.41, 5.74) is 3.99. The summed E-state index contributed by atoms with van der Waals surface area (Å²) in [6.07, 6.45) is 2.70. The lowest BCUT2D eigenvalue weighted by Crippen LogP contribution is -2.04. The number of hydrogen-bond donors (Lipinski definition) is 1. The van der Waals surface area contributed by atoms with Crippen molar-refractivity contribution in [1.82, 2.24) is 14.5 Å². The molecule has 2 aromatic heterocycles. The second-order valence-corrected chi connectivity index (χ2v) is 10.3. The third-order valence-corrected chi connectivity index (χ3v) is 6.75. The van der Waals surface area contributed by atoms with Crippen LogP contribution in [0.2, 0.25) is 0 Å². The SMILES string of the molecule is CC.Cn1cnc2c(N=C(c3ccccc3)c3ccccc3)nc(Nc3ccc(S(C)(=O)=O)cc3F)cc21. The van der Waals surface area contributed by atoms with Gasteiger partial charge in [-0.15, -0.1) is 0 Å². The van der Waals surface area contributed by atoms with E-state index in [1.165, 1.54) is 12.1 Å². The van der Waals surface area contributed by atoms with E-state index in [0.29, 0.717) is 17.2 Å². The number of rotatable bonds is 6. The number of aliphatic imine (C=N–C) groups is 1. The molecule has 0 aliphatic heterocycles. The van der Waals surface area contributed by atoms with Gasteiger partial charge in [-0.25, -0.2) is 27.8 Å². The van der Waals surface area contributed by atoms with Gasteiger partial charge in [0.25, 0.3) is 0 Å². The van der Waals surface area contributed by atoms with Crippen LogP contribution in [-0.4, -0.2) is 34.9 Å². The number of nitrogens with one attached hydrogen (secondary N) is 1. The summed E-state index contributed by atoms with van der Waals surface area (Å²) in [6, 6.07) is 25.0. The van der Waals surface area contributed by atoms with Gasteiger partial charge in [0.05, 0.1) is 28.1 Å². The van der Waals surface area contributed by atoms with Gasteiger partial charge in [-0.3, -0.25) is 0 Å². The molecular formula is C29H28FN5O2S. The van der Waals surface area contributed by atoms with Gasteiger partial charge in [-0.2, -0.15) is 0 Å². The van der Waals surface area contributed by atoms with Crippen molar-refractivity contribution in [2.24, 2.45) is 12.0 Å². The van der Waals surface area contributed by atoms with Crippen molar-refractivity contribution >= 4 is 43.9 Å². The Hall–Kier alpha value is -4.37. The summed E-state index contributed by atoms with van der Waals surface area (Å²) in [6.45, 7) is 4.00. The fraction of sp³-hybridized carbons (Fsp3) is 0.138. The highest BCUT2D eigenvalue weighted by Gasteiger charge is 2.16. The number of aryl methyl sites for hydroxylation is 1. The lowest BCUT2D eigenvalue weighted by Gasteiger charge is -2.11. The van der Waals surface area contributed by atoms with E-state index in [4.69, 9.17) is 4.99 Å². The molecule has 0 radical (unpaired) electrons. The molecule has 0 fully saturated rings. The van der Waals surface area contributed by atoms with Gasteiger partial charge in [0, 0.05) is 30.5 Å². The maximum absolute atomic E-state index is 14.8. The van der Waals surface area contributed by atoms with E-state index >= 15 is 0 Å². The normalized spacial score (nSPS) is 11.0. The number of hydrogen-bond acceptors (Lipinski definition) is 6. The Bertz CT molecular complexity index is 1660. The molecule has 194 valence electrons. The van der Waals surface area contributed by atoms with Crippen molar-refractivity contribution in [3.05, 3.63) is 108 Å². The van der Waals surface area contributed by atoms with Crippen molar-refractivity contribution in [2.75, 3.05) is 11.6 Å². The molecule has 0 aliphatic carbocycles. The summed E-state index contributed by atoms with van der Waals surface area (Å²) < 4.78 is 40.1. The number of pyridine rings is 1. The molecular weight excluding hydrogens is 501 g/mol. The molecule has 1 N–H and O–H groups in total. The first-order valence-electron chi connectivity index (χ1n) is 12.1. The van der Waals surface area contributed by atoms with E-state index in [9.17, 15) is 12.8 Å². The molecule has 7 nitrogen and oxygen atoms in total. The van der Waals surface area contributed by atoms with Crippen LogP contribution in [-0.2, 0) is 16.9 Å². The summed E-state index contributed by atoms with van der Waals surface area (Å²) in [5, 5.41) is 2.96. The van der Waals surface area contributed by atoms with Crippen molar-refractivity contribution in [3.63, 3.8) is 0 Å². The molecule has 0 amide bonds. The zero-order chi connectivity index (χ0) is 27.3. The van der Waals surface area contributed by atoms with Gasteiger partial charge in [0.2, 0.25) is 0 Å². The van der Waals surface area contributed by atoms with Crippen LogP contribution in [0.5, 0.6) is 0 Å². The standard InChI is InChI=1S/C27H22FN5O2S.C2H6/c1-33-17-29-26-23(33)16-24(30-22-14-13-20(15-21(22)28)36(2,34)35)31-27(26)32-25(18-9-5-3-6-10-18)19-11-7-4-8-12-19;1-2/h3-17H,1-2H3,(H,30,31);1-2H3. The number of sulfone groups is 1. The van der Waals surface area contributed by atoms with Gasteiger partial charge in [0.15, 0.2) is 15.7 Å². The zero-order valence-corrected chi connectivity index (χ0v) is 22.4. The maximum Gasteiger partial charge on any atom is 0.183 e. The first-order chi connectivity index (χ1) is 18.3.